The summed E-state index contributed by atoms with van der Waals surface area (Å²) in [5.74, 6) is 1.43. The molecule has 8 heteroatoms. The maximum absolute atomic E-state index is 13.5. The average molecular weight is 596 g/mol. The molecule has 4 rings (SSSR count). The van der Waals surface area contributed by atoms with Crippen LogP contribution in [-0.4, -0.2) is 43.6 Å². The van der Waals surface area contributed by atoms with Crippen LogP contribution in [0.2, 0.25) is 0 Å². The van der Waals surface area contributed by atoms with E-state index < -0.39 is 0 Å². The van der Waals surface area contributed by atoms with Crippen LogP contribution >= 0.6 is 11.8 Å². The zero-order valence-corrected chi connectivity index (χ0v) is 26.9. The summed E-state index contributed by atoms with van der Waals surface area (Å²) >= 11 is 1.55. The Kier molecular flexibility index (Phi) is 13.1. The lowest BCUT2D eigenvalue weighted by Crippen LogP contribution is -2.29. The summed E-state index contributed by atoms with van der Waals surface area (Å²) in [6, 6.07) is 6.57. The van der Waals surface area contributed by atoms with Gasteiger partial charge in [0, 0.05) is 42.0 Å². The van der Waals surface area contributed by atoms with E-state index in [1.165, 1.54) is 69.2 Å². The molecule has 3 aromatic rings. The molecule has 0 bridgehead atoms. The fourth-order valence-corrected chi connectivity index (χ4v) is 6.97. The number of likely N-dealkylation sites (N-methyl/N-ethyl adjacent to an activating group) is 1. The van der Waals surface area contributed by atoms with Crippen molar-refractivity contribution >= 4 is 11.8 Å². The fraction of sp³-hybridized carbons (Fsp3) is 0.618. The van der Waals surface area contributed by atoms with Crippen molar-refractivity contribution in [2.75, 3.05) is 19.6 Å². The van der Waals surface area contributed by atoms with Gasteiger partial charge in [0.15, 0.2) is 5.16 Å². The quantitative estimate of drug-likeness (QED) is 0.0819. The highest BCUT2D eigenvalue weighted by Crippen LogP contribution is 2.27. The number of benzene rings is 1. The van der Waals surface area contributed by atoms with E-state index in [9.17, 15) is 9.18 Å². The minimum atomic E-state index is -0.240. The van der Waals surface area contributed by atoms with Crippen molar-refractivity contribution in [3.8, 4) is 0 Å². The van der Waals surface area contributed by atoms with Crippen LogP contribution in [0, 0.1) is 5.82 Å². The Morgan fingerprint density at radius 3 is 2.36 bits per heavy atom. The number of fused-ring (bicyclic) bond motifs is 1. The molecule has 0 saturated heterocycles. The van der Waals surface area contributed by atoms with Crippen molar-refractivity contribution in [3.05, 3.63) is 75.0 Å². The molecule has 0 amide bonds. The minimum Gasteiger partial charge on any atom is -0.329 e. The number of thioether (sulfide) groups is 1. The fourth-order valence-electron chi connectivity index (χ4n) is 6.00. The van der Waals surface area contributed by atoms with Crippen molar-refractivity contribution in [2.24, 2.45) is 0 Å². The Balaban J connectivity index is 1.53. The average Bonchev–Trinajstić information content (AvgIpc) is 3.64. The van der Waals surface area contributed by atoms with Crippen molar-refractivity contribution in [1.82, 2.24) is 24.0 Å². The highest BCUT2D eigenvalue weighted by molar-refractivity contribution is 7.98. The number of aromatic nitrogens is 4. The molecule has 1 aliphatic carbocycles. The second kappa shape index (κ2) is 17.0. The Morgan fingerprint density at radius 1 is 0.929 bits per heavy atom. The standard InChI is InChI=1S/C34H50FN5OS/c1-4-7-8-9-10-11-12-13-15-29-24-36-32(39(29)23-22-38(5-2)6-3)25-40-31-17-14-16-30(31)33(41)37-34(40)42-26-27-18-20-28(35)21-19-27/h18-21,24H,4-17,22-23,25-26H2,1-3H3. The molecular weight excluding hydrogens is 545 g/mol. The van der Waals surface area contributed by atoms with Crippen molar-refractivity contribution in [2.45, 2.75) is 122 Å². The Labute approximate surface area is 256 Å². The number of hydrogen-bond donors (Lipinski definition) is 0. The lowest BCUT2D eigenvalue weighted by Gasteiger charge is -2.22. The Morgan fingerprint density at radius 2 is 1.64 bits per heavy atom. The third kappa shape index (κ3) is 9.03. The van der Waals surface area contributed by atoms with E-state index in [4.69, 9.17) is 4.98 Å². The van der Waals surface area contributed by atoms with Gasteiger partial charge < -0.3 is 14.0 Å². The van der Waals surface area contributed by atoms with Crippen molar-refractivity contribution < 1.29 is 4.39 Å². The second-order valence-corrected chi connectivity index (χ2v) is 12.5. The normalized spacial score (nSPS) is 12.9. The van der Waals surface area contributed by atoms with Gasteiger partial charge in [-0.3, -0.25) is 4.79 Å². The molecule has 0 radical (unpaired) electrons. The maximum atomic E-state index is 13.5. The van der Waals surface area contributed by atoms with Gasteiger partial charge in [0.2, 0.25) is 0 Å². The van der Waals surface area contributed by atoms with Crippen LogP contribution in [0.5, 0.6) is 0 Å². The Hall–Kier alpha value is -2.45. The predicted molar refractivity (Wildman–Crippen MR) is 172 cm³/mol. The number of imidazole rings is 1. The highest BCUT2D eigenvalue weighted by Gasteiger charge is 2.23. The molecule has 0 atom stereocenters. The van der Waals surface area contributed by atoms with E-state index in [0.717, 1.165) is 79.7 Å². The van der Waals surface area contributed by atoms with Gasteiger partial charge in [-0.2, -0.15) is 4.98 Å². The first-order chi connectivity index (χ1) is 20.5. The van der Waals surface area contributed by atoms with E-state index in [1.54, 1.807) is 23.9 Å². The summed E-state index contributed by atoms with van der Waals surface area (Å²) in [5, 5.41) is 0.730. The molecule has 1 aromatic carbocycles. The molecule has 230 valence electrons. The number of halogens is 1. The minimum absolute atomic E-state index is 0.0967. The molecule has 0 saturated carbocycles. The SMILES string of the molecule is CCCCCCCCCCc1cnc(Cn2c(SCc3ccc(F)cc3)nc(=O)c3c2CCC3)n1CCN(CC)CC. The lowest BCUT2D eigenvalue weighted by molar-refractivity contribution is 0.287. The van der Waals surface area contributed by atoms with Gasteiger partial charge in [0.05, 0.1) is 6.54 Å². The summed E-state index contributed by atoms with van der Waals surface area (Å²) in [6.07, 6.45) is 16.3. The van der Waals surface area contributed by atoms with Crippen LogP contribution in [0.4, 0.5) is 4.39 Å². The summed E-state index contributed by atoms with van der Waals surface area (Å²) in [4.78, 5) is 24.9. The summed E-state index contributed by atoms with van der Waals surface area (Å²) < 4.78 is 18.1. The molecule has 6 nitrogen and oxygen atoms in total. The van der Waals surface area contributed by atoms with Crippen LogP contribution < -0.4 is 5.56 Å². The van der Waals surface area contributed by atoms with Gasteiger partial charge in [0.1, 0.15) is 11.6 Å². The summed E-state index contributed by atoms with van der Waals surface area (Å²) in [7, 11) is 0. The van der Waals surface area contributed by atoms with Crippen LogP contribution in [0.3, 0.4) is 0 Å². The third-order valence-corrected chi connectivity index (χ3v) is 9.67. The monoisotopic (exact) mass is 595 g/mol. The number of aryl methyl sites for hydroxylation is 1. The molecule has 0 aliphatic heterocycles. The molecule has 1 aliphatic rings. The zero-order valence-electron chi connectivity index (χ0n) is 26.0. The van der Waals surface area contributed by atoms with Gasteiger partial charge in [-0.1, -0.05) is 89.6 Å². The number of hydrogen-bond acceptors (Lipinski definition) is 5. The van der Waals surface area contributed by atoms with Gasteiger partial charge >= 0.3 is 0 Å². The first kappa shape index (κ1) is 32.5. The highest BCUT2D eigenvalue weighted by atomic mass is 32.2. The largest absolute Gasteiger partial charge is 0.329 e. The number of rotatable bonds is 19. The van der Waals surface area contributed by atoms with Gasteiger partial charge in [-0.25, -0.2) is 9.37 Å². The smallest absolute Gasteiger partial charge is 0.277 e. The topological polar surface area (TPSA) is 56.0 Å². The number of unbranched alkanes of at least 4 members (excludes halogenated alkanes) is 7. The predicted octanol–water partition coefficient (Wildman–Crippen LogP) is 7.43. The molecule has 2 heterocycles. The number of nitrogens with zero attached hydrogens (tertiary/aromatic N) is 5. The van der Waals surface area contributed by atoms with Gasteiger partial charge in [-0.15, -0.1) is 0 Å². The molecule has 42 heavy (non-hydrogen) atoms. The van der Waals surface area contributed by atoms with Gasteiger partial charge in [0.25, 0.3) is 5.56 Å². The molecule has 0 N–H and O–H groups in total. The lowest BCUT2D eigenvalue weighted by atomic mass is 10.1. The molecular formula is C34H50FN5OS. The Bertz CT molecular complexity index is 1300. The van der Waals surface area contributed by atoms with E-state index >= 15 is 0 Å². The van der Waals surface area contributed by atoms with Crippen LogP contribution in [0.25, 0.3) is 0 Å². The van der Waals surface area contributed by atoms with Crippen LogP contribution in [0.1, 0.15) is 107 Å². The summed E-state index contributed by atoms with van der Waals surface area (Å²) in [5.41, 5.74) is 4.20. The molecule has 0 spiro atoms. The van der Waals surface area contributed by atoms with E-state index in [1.807, 2.05) is 0 Å². The van der Waals surface area contributed by atoms with E-state index in [-0.39, 0.29) is 11.4 Å². The molecule has 2 aromatic heterocycles. The third-order valence-electron chi connectivity index (χ3n) is 8.62. The van der Waals surface area contributed by atoms with Crippen LogP contribution in [0.15, 0.2) is 40.4 Å². The van der Waals surface area contributed by atoms with E-state index in [0.29, 0.717) is 12.3 Å². The van der Waals surface area contributed by atoms with Gasteiger partial charge in [-0.05, 0) is 62.9 Å². The maximum Gasteiger partial charge on any atom is 0.277 e. The van der Waals surface area contributed by atoms with Crippen molar-refractivity contribution in [1.29, 1.82) is 0 Å². The second-order valence-electron chi connectivity index (χ2n) is 11.5. The first-order valence-electron chi connectivity index (χ1n) is 16.3. The molecule has 0 fully saturated rings. The first-order valence-corrected chi connectivity index (χ1v) is 17.3. The zero-order chi connectivity index (χ0) is 29.7. The van der Waals surface area contributed by atoms with E-state index in [2.05, 4.69) is 46.0 Å². The molecule has 0 unspecified atom stereocenters. The van der Waals surface area contributed by atoms with Crippen LogP contribution in [-0.2, 0) is 38.1 Å². The summed E-state index contributed by atoms with van der Waals surface area (Å²) in [6.45, 7) is 11.3. The van der Waals surface area contributed by atoms with Crippen molar-refractivity contribution in [3.63, 3.8) is 0 Å².